The zero-order valence-corrected chi connectivity index (χ0v) is 14.9. The van der Waals surface area contributed by atoms with Crippen molar-refractivity contribution < 1.29 is 22.0 Å². The Hall–Kier alpha value is -2.71. The van der Waals surface area contributed by atoms with Crippen molar-refractivity contribution in [2.75, 3.05) is 0 Å². The molecule has 1 aromatic heterocycles. The molecule has 0 aliphatic heterocycles. The molecular weight excluding hydrogens is 359 g/mol. The standard InChI is InChI=1S/C18H17FN2O4S/c1-10-14-4-3-5-15(19)17(14)25-16(10)18(22)21-11(2)12-6-8-13(9-7-12)26(20,23)24/h3-9,11H,1-2H3,(H,21,22)(H2,20,23,24)/t11-/m0/s1. The molecule has 26 heavy (non-hydrogen) atoms. The van der Waals surface area contributed by atoms with Crippen molar-refractivity contribution in [2.45, 2.75) is 24.8 Å². The number of para-hydroxylation sites is 1. The molecule has 6 nitrogen and oxygen atoms in total. The van der Waals surface area contributed by atoms with Crippen LogP contribution in [0.2, 0.25) is 0 Å². The number of halogens is 1. The zero-order valence-electron chi connectivity index (χ0n) is 14.1. The molecule has 0 saturated carbocycles. The Balaban J connectivity index is 1.84. The lowest BCUT2D eigenvalue weighted by atomic mass is 10.1. The van der Waals surface area contributed by atoms with Gasteiger partial charge in [0.2, 0.25) is 10.0 Å². The van der Waals surface area contributed by atoms with E-state index >= 15 is 0 Å². The minimum Gasteiger partial charge on any atom is -0.448 e. The van der Waals surface area contributed by atoms with E-state index in [0.717, 1.165) is 0 Å². The third kappa shape index (κ3) is 3.33. The molecule has 136 valence electrons. The van der Waals surface area contributed by atoms with Crippen molar-refractivity contribution in [2.24, 2.45) is 5.14 Å². The SMILES string of the molecule is Cc1c(C(=O)N[C@@H](C)c2ccc(S(N)(=O)=O)cc2)oc2c(F)cccc12. The van der Waals surface area contributed by atoms with Crippen molar-refractivity contribution in [3.05, 3.63) is 65.2 Å². The maximum atomic E-state index is 13.8. The largest absolute Gasteiger partial charge is 0.448 e. The third-order valence-corrected chi connectivity index (χ3v) is 5.11. The molecule has 2 aromatic carbocycles. The highest BCUT2D eigenvalue weighted by Crippen LogP contribution is 2.27. The molecule has 0 fully saturated rings. The second kappa shape index (κ2) is 6.54. The number of amides is 1. The van der Waals surface area contributed by atoms with E-state index in [0.29, 0.717) is 16.5 Å². The predicted molar refractivity (Wildman–Crippen MR) is 94.6 cm³/mol. The van der Waals surface area contributed by atoms with Gasteiger partial charge in [-0.05, 0) is 37.6 Å². The number of furan rings is 1. The molecule has 0 radical (unpaired) electrons. The summed E-state index contributed by atoms with van der Waals surface area (Å²) >= 11 is 0. The van der Waals surface area contributed by atoms with Gasteiger partial charge in [0.1, 0.15) is 0 Å². The fourth-order valence-electron chi connectivity index (χ4n) is 2.72. The van der Waals surface area contributed by atoms with Crippen LogP contribution in [0.25, 0.3) is 11.0 Å². The average Bonchev–Trinajstić information content (AvgIpc) is 2.93. The van der Waals surface area contributed by atoms with Crippen molar-refractivity contribution in [3.63, 3.8) is 0 Å². The van der Waals surface area contributed by atoms with Gasteiger partial charge in [0.05, 0.1) is 10.9 Å². The van der Waals surface area contributed by atoms with Gasteiger partial charge in [-0.25, -0.2) is 17.9 Å². The number of sulfonamides is 1. The van der Waals surface area contributed by atoms with E-state index in [4.69, 9.17) is 9.56 Å². The summed E-state index contributed by atoms with van der Waals surface area (Å²) in [6, 6.07) is 9.95. The molecule has 3 N–H and O–H groups in total. The van der Waals surface area contributed by atoms with E-state index in [2.05, 4.69) is 5.32 Å². The van der Waals surface area contributed by atoms with E-state index in [-0.39, 0.29) is 16.2 Å². The van der Waals surface area contributed by atoms with Crippen LogP contribution < -0.4 is 10.5 Å². The Morgan fingerprint density at radius 3 is 2.42 bits per heavy atom. The lowest BCUT2D eigenvalue weighted by Gasteiger charge is -2.14. The molecular formula is C18H17FN2O4S. The Morgan fingerprint density at radius 2 is 1.85 bits per heavy atom. The average molecular weight is 376 g/mol. The maximum absolute atomic E-state index is 13.8. The van der Waals surface area contributed by atoms with Gasteiger partial charge in [-0.1, -0.05) is 24.3 Å². The van der Waals surface area contributed by atoms with Gasteiger partial charge in [0.15, 0.2) is 17.2 Å². The third-order valence-electron chi connectivity index (χ3n) is 4.18. The van der Waals surface area contributed by atoms with Crippen molar-refractivity contribution >= 4 is 26.9 Å². The van der Waals surface area contributed by atoms with Gasteiger partial charge in [0.25, 0.3) is 5.91 Å². The summed E-state index contributed by atoms with van der Waals surface area (Å²) in [6.07, 6.45) is 0. The molecule has 0 spiro atoms. The first-order chi connectivity index (χ1) is 12.2. The summed E-state index contributed by atoms with van der Waals surface area (Å²) < 4.78 is 41.8. The summed E-state index contributed by atoms with van der Waals surface area (Å²) in [5.74, 6) is -0.976. The zero-order chi connectivity index (χ0) is 19.1. The van der Waals surface area contributed by atoms with Crippen LogP contribution in [0.1, 0.15) is 34.6 Å². The monoisotopic (exact) mass is 376 g/mol. The van der Waals surface area contributed by atoms with Crippen molar-refractivity contribution in [3.8, 4) is 0 Å². The first kappa shape index (κ1) is 18.1. The fraction of sp³-hybridized carbons (Fsp3) is 0.167. The summed E-state index contributed by atoms with van der Waals surface area (Å²) in [5.41, 5.74) is 1.28. The quantitative estimate of drug-likeness (QED) is 0.730. The van der Waals surface area contributed by atoms with Gasteiger partial charge in [-0.15, -0.1) is 0 Å². The number of nitrogens with one attached hydrogen (secondary N) is 1. The van der Waals surface area contributed by atoms with Gasteiger partial charge in [-0.2, -0.15) is 0 Å². The van der Waals surface area contributed by atoms with Gasteiger partial charge >= 0.3 is 0 Å². The molecule has 0 aliphatic rings. The molecule has 1 amide bonds. The van der Waals surface area contributed by atoms with E-state index in [1.54, 1.807) is 38.1 Å². The molecule has 1 heterocycles. The van der Waals surface area contributed by atoms with Gasteiger partial charge < -0.3 is 9.73 Å². The smallest absolute Gasteiger partial charge is 0.287 e. The summed E-state index contributed by atoms with van der Waals surface area (Å²) in [7, 11) is -3.77. The van der Waals surface area contributed by atoms with Crippen LogP contribution in [0.3, 0.4) is 0 Å². The van der Waals surface area contributed by atoms with E-state index in [9.17, 15) is 17.6 Å². The highest BCUT2D eigenvalue weighted by atomic mass is 32.2. The molecule has 0 aliphatic carbocycles. The molecule has 0 saturated heterocycles. The highest BCUT2D eigenvalue weighted by molar-refractivity contribution is 7.89. The van der Waals surface area contributed by atoms with Crippen LogP contribution in [0, 0.1) is 12.7 Å². The second-order valence-electron chi connectivity index (χ2n) is 5.98. The lowest BCUT2D eigenvalue weighted by molar-refractivity contribution is 0.0913. The Morgan fingerprint density at radius 1 is 1.19 bits per heavy atom. The van der Waals surface area contributed by atoms with Crippen LogP contribution in [0.4, 0.5) is 4.39 Å². The van der Waals surface area contributed by atoms with E-state index in [1.807, 2.05) is 0 Å². The van der Waals surface area contributed by atoms with Gasteiger partial charge in [-0.3, -0.25) is 4.79 Å². The number of aryl methyl sites for hydroxylation is 1. The van der Waals surface area contributed by atoms with Crippen LogP contribution in [-0.4, -0.2) is 14.3 Å². The minimum absolute atomic E-state index is 0.0108. The highest BCUT2D eigenvalue weighted by Gasteiger charge is 2.21. The number of carbonyl (C=O) groups is 1. The Kier molecular flexibility index (Phi) is 4.55. The van der Waals surface area contributed by atoms with E-state index < -0.39 is 27.8 Å². The lowest BCUT2D eigenvalue weighted by Crippen LogP contribution is -2.26. The molecule has 8 heteroatoms. The molecule has 0 bridgehead atoms. The number of rotatable bonds is 4. The topological polar surface area (TPSA) is 102 Å². The number of hydrogen-bond donors (Lipinski definition) is 2. The summed E-state index contributed by atoms with van der Waals surface area (Å²) in [4.78, 5) is 12.5. The normalized spacial score (nSPS) is 12.9. The number of benzene rings is 2. The Labute approximate surface area is 149 Å². The van der Waals surface area contributed by atoms with E-state index in [1.165, 1.54) is 18.2 Å². The van der Waals surface area contributed by atoms with Gasteiger partial charge in [0, 0.05) is 10.9 Å². The summed E-state index contributed by atoms with van der Waals surface area (Å²) in [6.45, 7) is 3.42. The second-order valence-corrected chi connectivity index (χ2v) is 7.54. The number of nitrogens with two attached hydrogens (primary N) is 1. The number of carbonyl (C=O) groups excluding carboxylic acids is 1. The van der Waals surface area contributed by atoms with Crippen molar-refractivity contribution in [1.29, 1.82) is 0 Å². The minimum atomic E-state index is -3.77. The van der Waals surface area contributed by atoms with Crippen LogP contribution >= 0.6 is 0 Å². The molecule has 0 unspecified atom stereocenters. The van der Waals surface area contributed by atoms with Crippen LogP contribution in [0.15, 0.2) is 51.8 Å². The Bertz CT molecular complexity index is 1090. The number of fused-ring (bicyclic) bond motifs is 1. The predicted octanol–water partition coefficient (Wildman–Crippen LogP) is 3.02. The van der Waals surface area contributed by atoms with Crippen LogP contribution in [0.5, 0.6) is 0 Å². The molecule has 1 atom stereocenters. The maximum Gasteiger partial charge on any atom is 0.287 e. The first-order valence-corrected chi connectivity index (χ1v) is 9.34. The fourth-order valence-corrected chi connectivity index (χ4v) is 3.23. The number of hydrogen-bond acceptors (Lipinski definition) is 4. The summed E-state index contributed by atoms with van der Waals surface area (Å²) in [5, 5.41) is 8.36. The number of primary sulfonamides is 1. The van der Waals surface area contributed by atoms with Crippen LogP contribution in [-0.2, 0) is 10.0 Å². The molecule has 3 rings (SSSR count). The first-order valence-electron chi connectivity index (χ1n) is 7.79. The van der Waals surface area contributed by atoms with Crippen molar-refractivity contribution in [1.82, 2.24) is 5.32 Å². The molecule has 3 aromatic rings.